The Kier molecular flexibility index (Phi) is 3.16. The summed E-state index contributed by atoms with van der Waals surface area (Å²) in [5.41, 5.74) is 16.9. The number of nitrogens with two attached hydrogens (primary N) is 2. The van der Waals surface area contributed by atoms with Crippen molar-refractivity contribution < 1.29 is 0 Å². The molecular weight excluding hydrogens is 144 g/mol. The molecule has 62 valence electrons. The SMILES string of the molecule is CC(N=N)C(C(=N)N)C(=N)N. The van der Waals surface area contributed by atoms with E-state index in [9.17, 15) is 0 Å². The topological polar surface area (TPSA) is 136 Å². The highest BCUT2D eigenvalue weighted by molar-refractivity contribution is 6.02. The summed E-state index contributed by atoms with van der Waals surface area (Å²) >= 11 is 0. The van der Waals surface area contributed by atoms with Gasteiger partial charge in [0.2, 0.25) is 0 Å². The van der Waals surface area contributed by atoms with E-state index in [1.54, 1.807) is 6.92 Å². The minimum absolute atomic E-state index is 0.221. The van der Waals surface area contributed by atoms with Crippen LogP contribution in [0.2, 0.25) is 0 Å². The van der Waals surface area contributed by atoms with Crippen LogP contribution in [-0.4, -0.2) is 17.7 Å². The number of rotatable bonds is 4. The molecule has 6 nitrogen and oxygen atoms in total. The van der Waals surface area contributed by atoms with Gasteiger partial charge in [-0.2, -0.15) is 5.11 Å². The van der Waals surface area contributed by atoms with Crippen LogP contribution in [0.3, 0.4) is 0 Å². The third kappa shape index (κ3) is 2.32. The van der Waals surface area contributed by atoms with Crippen molar-refractivity contribution in [2.75, 3.05) is 0 Å². The molecule has 0 aliphatic rings. The van der Waals surface area contributed by atoms with E-state index < -0.39 is 12.0 Å². The molecule has 0 saturated carbocycles. The van der Waals surface area contributed by atoms with Gasteiger partial charge in [0.15, 0.2) is 0 Å². The van der Waals surface area contributed by atoms with Crippen LogP contribution in [0.5, 0.6) is 0 Å². The van der Waals surface area contributed by atoms with E-state index in [1.807, 2.05) is 0 Å². The van der Waals surface area contributed by atoms with Crippen LogP contribution in [0.15, 0.2) is 5.11 Å². The lowest BCUT2D eigenvalue weighted by Gasteiger charge is -2.15. The maximum atomic E-state index is 7.03. The molecule has 1 unspecified atom stereocenters. The Morgan fingerprint density at radius 3 is 1.73 bits per heavy atom. The van der Waals surface area contributed by atoms with Crippen LogP contribution in [-0.2, 0) is 0 Å². The molecule has 0 bridgehead atoms. The predicted octanol–water partition coefficient (Wildman–Crippen LogP) is -0.106. The maximum absolute atomic E-state index is 7.03. The van der Waals surface area contributed by atoms with Gasteiger partial charge in [0.1, 0.15) is 11.7 Å². The summed E-state index contributed by atoms with van der Waals surface area (Å²) in [4.78, 5) is 0. The molecule has 0 heterocycles. The Balaban J connectivity index is 4.46. The quantitative estimate of drug-likeness (QED) is 0.220. The van der Waals surface area contributed by atoms with E-state index in [0.29, 0.717) is 0 Å². The van der Waals surface area contributed by atoms with Gasteiger partial charge in [-0.25, -0.2) is 5.53 Å². The van der Waals surface area contributed by atoms with E-state index in [0.717, 1.165) is 0 Å². The summed E-state index contributed by atoms with van der Waals surface area (Å²) in [6.45, 7) is 1.58. The van der Waals surface area contributed by atoms with Crippen LogP contribution >= 0.6 is 0 Å². The molecule has 0 aromatic heterocycles. The molecule has 0 amide bonds. The lowest BCUT2D eigenvalue weighted by atomic mass is 10.00. The van der Waals surface area contributed by atoms with Gasteiger partial charge in [0.05, 0.1) is 12.0 Å². The van der Waals surface area contributed by atoms with E-state index in [1.165, 1.54) is 0 Å². The van der Waals surface area contributed by atoms with Crippen molar-refractivity contribution >= 4 is 11.7 Å². The van der Waals surface area contributed by atoms with Gasteiger partial charge < -0.3 is 11.5 Å². The Labute approximate surface area is 64.5 Å². The van der Waals surface area contributed by atoms with Crippen LogP contribution in [0, 0.1) is 22.3 Å². The summed E-state index contributed by atoms with van der Waals surface area (Å²) in [6.07, 6.45) is 0. The molecule has 0 rings (SSSR count). The fourth-order valence-corrected chi connectivity index (χ4v) is 0.762. The molecule has 6 heteroatoms. The molecule has 0 aliphatic heterocycles. The average molecular weight is 156 g/mol. The first-order chi connectivity index (χ1) is 5.00. The molecule has 0 aromatic rings. The zero-order valence-corrected chi connectivity index (χ0v) is 6.26. The molecule has 1 atom stereocenters. The van der Waals surface area contributed by atoms with Crippen molar-refractivity contribution in [1.29, 1.82) is 16.3 Å². The smallest absolute Gasteiger partial charge is 0.104 e. The van der Waals surface area contributed by atoms with Gasteiger partial charge in [-0.15, -0.1) is 0 Å². The second kappa shape index (κ2) is 3.65. The number of hydrogen-bond acceptors (Lipinski definition) is 4. The standard InChI is InChI=1S/C5H12N6/c1-2(11-10)3(4(6)7)5(8)9/h2-3,10H,1H3,(H3,6,7)(H3,8,9). The highest BCUT2D eigenvalue weighted by Gasteiger charge is 2.22. The summed E-state index contributed by atoms with van der Waals surface area (Å²) in [7, 11) is 0. The third-order valence-electron chi connectivity index (χ3n) is 1.36. The van der Waals surface area contributed by atoms with Gasteiger partial charge in [0.25, 0.3) is 0 Å². The first kappa shape index (κ1) is 9.54. The number of hydrogen-bond donors (Lipinski definition) is 5. The van der Waals surface area contributed by atoms with Gasteiger partial charge in [-0.1, -0.05) is 0 Å². The lowest BCUT2D eigenvalue weighted by molar-refractivity contribution is 0.630. The Bertz CT molecular complexity index is 171. The second-order valence-electron chi connectivity index (χ2n) is 2.26. The minimum Gasteiger partial charge on any atom is -0.387 e. The predicted molar refractivity (Wildman–Crippen MR) is 41.9 cm³/mol. The van der Waals surface area contributed by atoms with Gasteiger partial charge >= 0.3 is 0 Å². The van der Waals surface area contributed by atoms with Gasteiger partial charge in [-0.05, 0) is 6.92 Å². The van der Waals surface area contributed by atoms with Crippen molar-refractivity contribution in [1.82, 2.24) is 0 Å². The van der Waals surface area contributed by atoms with E-state index in [2.05, 4.69) is 5.11 Å². The monoisotopic (exact) mass is 156 g/mol. The second-order valence-corrected chi connectivity index (χ2v) is 2.26. The molecule has 11 heavy (non-hydrogen) atoms. The molecule has 0 spiro atoms. The summed E-state index contributed by atoms with van der Waals surface area (Å²) < 4.78 is 0. The molecule has 0 radical (unpaired) electrons. The fourth-order valence-electron chi connectivity index (χ4n) is 0.762. The molecule has 0 saturated heterocycles. The Morgan fingerprint density at radius 2 is 1.64 bits per heavy atom. The summed E-state index contributed by atoms with van der Waals surface area (Å²) in [6, 6.07) is -0.523. The zero-order valence-electron chi connectivity index (χ0n) is 6.26. The van der Waals surface area contributed by atoms with Crippen molar-refractivity contribution in [3.8, 4) is 0 Å². The summed E-state index contributed by atoms with van der Waals surface area (Å²) in [5.74, 6) is -1.17. The van der Waals surface area contributed by atoms with E-state index in [4.69, 9.17) is 27.8 Å². The third-order valence-corrected chi connectivity index (χ3v) is 1.36. The van der Waals surface area contributed by atoms with Gasteiger partial charge in [0, 0.05) is 0 Å². The van der Waals surface area contributed by atoms with Crippen molar-refractivity contribution in [2.24, 2.45) is 22.5 Å². The number of nitrogens with one attached hydrogen (secondary N) is 3. The first-order valence-corrected chi connectivity index (χ1v) is 3.05. The minimum atomic E-state index is -0.729. The molecule has 0 fully saturated rings. The normalized spacial score (nSPS) is 15.0. The van der Waals surface area contributed by atoms with Crippen LogP contribution < -0.4 is 11.5 Å². The average Bonchev–Trinajstić information content (AvgIpc) is 1.85. The Hall–Kier alpha value is -1.46. The Morgan fingerprint density at radius 1 is 1.27 bits per heavy atom. The highest BCUT2D eigenvalue weighted by Crippen LogP contribution is 2.05. The van der Waals surface area contributed by atoms with Crippen molar-refractivity contribution in [3.63, 3.8) is 0 Å². The summed E-state index contributed by atoms with van der Waals surface area (Å²) in [5, 5.41) is 17.2. The van der Waals surface area contributed by atoms with Crippen LogP contribution in [0.25, 0.3) is 0 Å². The number of amidine groups is 2. The highest BCUT2D eigenvalue weighted by atomic mass is 15.0. The zero-order chi connectivity index (χ0) is 9.02. The van der Waals surface area contributed by atoms with Crippen molar-refractivity contribution in [2.45, 2.75) is 13.0 Å². The molecule has 0 aliphatic carbocycles. The fraction of sp³-hybridized carbons (Fsp3) is 0.600. The molecule has 7 N–H and O–H groups in total. The molecular formula is C5H12N6. The number of nitrogens with zero attached hydrogens (tertiary/aromatic N) is 1. The first-order valence-electron chi connectivity index (χ1n) is 3.05. The van der Waals surface area contributed by atoms with Crippen molar-refractivity contribution in [3.05, 3.63) is 0 Å². The molecule has 0 aromatic carbocycles. The lowest BCUT2D eigenvalue weighted by Crippen LogP contribution is -2.40. The van der Waals surface area contributed by atoms with E-state index >= 15 is 0 Å². The van der Waals surface area contributed by atoms with Gasteiger partial charge in [-0.3, -0.25) is 10.8 Å². The van der Waals surface area contributed by atoms with Crippen LogP contribution in [0.1, 0.15) is 6.92 Å². The maximum Gasteiger partial charge on any atom is 0.104 e. The van der Waals surface area contributed by atoms with Crippen LogP contribution in [0.4, 0.5) is 0 Å². The van der Waals surface area contributed by atoms with E-state index in [-0.39, 0.29) is 11.7 Å². The largest absolute Gasteiger partial charge is 0.387 e.